The molecule has 7 nitrogen and oxygen atoms in total. The number of carbonyl (C=O) groups excluding carboxylic acids is 1. The Balaban J connectivity index is 0.00000245. The first kappa shape index (κ1) is 22.2. The Morgan fingerprint density at radius 1 is 1.19 bits per heavy atom. The fourth-order valence-corrected chi connectivity index (χ4v) is 4.45. The Bertz CT molecular complexity index is 1370. The largest absolute Gasteiger partial charge is 0.392 e. The standard InChI is InChI=1S/C24H24N4O3.ClH/c1-15(13-27-12-10-17(29)14-27)25-23(30)20-7-4-11-28-22(20)26-21-18-6-3-2-5-16(18)8-9-19(21)24(28)31;/h2-9,11,15,17,29H,10,12-14H2,1H3,(H,25,30);1H/t15-,17+;/m1./s1. The lowest BCUT2D eigenvalue weighted by molar-refractivity contribution is 0.0931. The molecule has 2 N–H and O–H groups in total. The number of pyridine rings is 1. The van der Waals surface area contributed by atoms with Crippen LogP contribution in [0.4, 0.5) is 0 Å². The third-order valence-corrected chi connectivity index (χ3v) is 5.94. The number of rotatable bonds is 4. The maximum atomic E-state index is 13.2. The van der Waals surface area contributed by atoms with Crippen molar-refractivity contribution < 1.29 is 9.90 Å². The van der Waals surface area contributed by atoms with E-state index in [1.54, 1.807) is 24.4 Å². The molecule has 2 aromatic carbocycles. The summed E-state index contributed by atoms with van der Waals surface area (Å²) in [4.78, 5) is 33.1. The van der Waals surface area contributed by atoms with E-state index in [0.717, 1.165) is 23.7 Å². The summed E-state index contributed by atoms with van der Waals surface area (Å²) in [6, 6.07) is 14.8. The van der Waals surface area contributed by atoms with Gasteiger partial charge in [-0.3, -0.25) is 18.9 Å². The first-order chi connectivity index (χ1) is 15.0. The number of aromatic nitrogens is 2. The van der Waals surface area contributed by atoms with Crippen molar-refractivity contribution in [2.24, 2.45) is 0 Å². The second-order valence-corrected chi connectivity index (χ2v) is 8.29. The van der Waals surface area contributed by atoms with Crippen molar-refractivity contribution in [2.45, 2.75) is 25.5 Å². The van der Waals surface area contributed by atoms with Gasteiger partial charge in [0.15, 0.2) is 5.65 Å². The average molecular weight is 453 g/mol. The number of aliphatic hydroxyl groups excluding tert-OH is 1. The number of amides is 1. The second-order valence-electron chi connectivity index (χ2n) is 8.29. The maximum absolute atomic E-state index is 13.2. The number of β-amino-alcohol motifs (C(OH)–C–C–N with tert-alkyl or cyclic N) is 1. The van der Waals surface area contributed by atoms with Crippen molar-refractivity contribution in [2.75, 3.05) is 19.6 Å². The van der Waals surface area contributed by atoms with Gasteiger partial charge in [-0.05, 0) is 36.9 Å². The summed E-state index contributed by atoms with van der Waals surface area (Å²) in [5.74, 6) is -0.267. The molecule has 1 amide bonds. The number of nitrogens with one attached hydrogen (secondary N) is 1. The Kier molecular flexibility index (Phi) is 6.15. The van der Waals surface area contributed by atoms with E-state index < -0.39 is 0 Å². The molecule has 2 aromatic heterocycles. The monoisotopic (exact) mass is 452 g/mol. The molecule has 8 heteroatoms. The Morgan fingerprint density at radius 2 is 2.00 bits per heavy atom. The third kappa shape index (κ3) is 3.95. The molecule has 0 aliphatic carbocycles. The summed E-state index contributed by atoms with van der Waals surface area (Å²) in [5.41, 5.74) is 1.11. The summed E-state index contributed by atoms with van der Waals surface area (Å²) in [5, 5.41) is 15.1. The Labute approximate surface area is 191 Å². The highest BCUT2D eigenvalue weighted by atomic mass is 35.5. The number of carbonyl (C=O) groups is 1. The molecule has 1 fully saturated rings. The van der Waals surface area contributed by atoms with Crippen LogP contribution in [-0.4, -0.2) is 57.1 Å². The van der Waals surface area contributed by atoms with E-state index in [1.165, 1.54) is 4.40 Å². The van der Waals surface area contributed by atoms with E-state index in [1.807, 2.05) is 37.3 Å². The van der Waals surface area contributed by atoms with Gasteiger partial charge in [0.25, 0.3) is 11.5 Å². The summed E-state index contributed by atoms with van der Waals surface area (Å²) >= 11 is 0. The molecule has 1 aliphatic rings. The van der Waals surface area contributed by atoms with Crippen LogP contribution in [0.2, 0.25) is 0 Å². The molecule has 1 saturated heterocycles. The maximum Gasteiger partial charge on any atom is 0.265 e. The number of nitrogens with zero attached hydrogens (tertiary/aromatic N) is 3. The van der Waals surface area contributed by atoms with Gasteiger partial charge in [0, 0.05) is 37.3 Å². The Hall–Kier alpha value is -3.00. The average Bonchev–Trinajstić information content (AvgIpc) is 3.17. The first-order valence-corrected chi connectivity index (χ1v) is 10.6. The van der Waals surface area contributed by atoms with Gasteiger partial charge in [0.1, 0.15) is 0 Å². The van der Waals surface area contributed by atoms with Gasteiger partial charge in [0.2, 0.25) is 0 Å². The van der Waals surface area contributed by atoms with E-state index in [-0.39, 0.29) is 36.0 Å². The fourth-order valence-electron chi connectivity index (χ4n) is 4.45. The van der Waals surface area contributed by atoms with Crippen LogP contribution in [-0.2, 0) is 0 Å². The smallest absolute Gasteiger partial charge is 0.265 e. The minimum absolute atomic E-state index is 0. The second kappa shape index (κ2) is 8.86. The minimum atomic E-state index is -0.292. The van der Waals surface area contributed by atoms with Crippen molar-refractivity contribution in [3.05, 3.63) is 70.6 Å². The minimum Gasteiger partial charge on any atom is -0.392 e. The van der Waals surface area contributed by atoms with Crippen LogP contribution >= 0.6 is 12.4 Å². The first-order valence-electron chi connectivity index (χ1n) is 10.6. The molecule has 166 valence electrons. The van der Waals surface area contributed by atoms with Crippen LogP contribution in [0.3, 0.4) is 0 Å². The highest BCUT2D eigenvalue weighted by Crippen LogP contribution is 2.23. The molecule has 0 spiro atoms. The molecule has 1 aliphatic heterocycles. The fraction of sp³-hybridized carbons (Fsp3) is 0.292. The van der Waals surface area contributed by atoms with Crippen LogP contribution in [0, 0.1) is 0 Å². The normalized spacial score (nSPS) is 17.5. The van der Waals surface area contributed by atoms with Gasteiger partial charge in [-0.1, -0.05) is 30.3 Å². The summed E-state index contributed by atoms with van der Waals surface area (Å²) in [6.07, 6.45) is 2.11. The van der Waals surface area contributed by atoms with E-state index in [4.69, 9.17) is 4.98 Å². The molecule has 3 heterocycles. The zero-order valence-corrected chi connectivity index (χ0v) is 18.5. The summed E-state index contributed by atoms with van der Waals surface area (Å²) in [6.45, 7) is 4.06. The van der Waals surface area contributed by atoms with Crippen LogP contribution in [0.5, 0.6) is 0 Å². The van der Waals surface area contributed by atoms with Gasteiger partial charge >= 0.3 is 0 Å². The van der Waals surface area contributed by atoms with Gasteiger partial charge < -0.3 is 10.4 Å². The molecule has 2 atom stereocenters. The lowest BCUT2D eigenvalue weighted by atomic mass is 10.1. The number of aliphatic hydroxyl groups is 1. The van der Waals surface area contributed by atoms with E-state index >= 15 is 0 Å². The predicted molar refractivity (Wildman–Crippen MR) is 128 cm³/mol. The van der Waals surface area contributed by atoms with Crippen molar-refractivity contribution in [1.29, 1.82) is 0 Å². The molecule has 4 aromatic rings. The number of likely N-dealkylation sites (tertiary alicyclic amines) is 1. The molecular formula is C24H25ClN4O3. The van der Waals surface area contributed by atoms with Crippen LogP contribution in [0.15, 0.2) is 59.5 Å². The highest BCUT2D eigenvalue weighted by Gasteiger charge is 2.23. The number of benzene rings is 2. The van der Waals surface area contributed by atoms with Crippen molar-refractivity contribution in [1.82, 2.24) is 19.6 Å². The molecule has 32 heavy (non-hydrogen) atoms. The highest BCUT2D eigenvalue weighted by molar-refractivity contribution is 6.07. The van der Waals surface area contributed by atoms with Crippen molar-refractivity contribution >= 4 is 45.6 Å². The molecular weight excluding hydrogens is 428 g/mol. The zero-order valence-electron chi connectivity index (χ0n) is 17.7. The molecule has 0 unspecified atom stereocenters. The zero-order chi connectivity index (χ0) is 21.5. The van der Waals surface area contributed by atoms with Crippen molar-refractivity contribution in [3.8, 4) is 0 Å². The van der Waals surface area contributed by atoms with Gasteiger partial charge in [-0.15, -0.1) is 12.4 Å². The van der Waals surface area contributed by atoms with Gasteiger partial charge in [-0.25, -0.2) is 4.98 Å². The number of halogens is 1. The van der Waals surface area contributed by atoms with Gasteiger partial charge in [0.05, 0.1) is 22.6 Å². The molecule has 0 saturated carbocycles. The lowest BCUT2D eigenvalue weighted by Gasteiger charge is -2.21. The van der Waals surface area contributed by atoms with Gasteiger partial charge in [-0.2, -0.15) is 0 Å². The SMILES string of the molecule is C[C@H](CN1CC[C@H](O)C1)NC(=O)c1cccn2c(=O)c3ccc4ccccc4c3nc12.Cl. The van der Waals surface area contributed by atoms with E-state index in [9.17, 15) is 14.7 Å². The Morgan fingerprint density at radius 3 is 2.78 bits per heavy atom. The van der Waals surface area contributed by atoms with Crippen LogP contribution in [0.1, 0.15) is 23.7 Å². The quantitative estimate of drug-likeness (QED) is 0.367. The number of hydrogen-bond acceptors (Lipinski definition) is 5. The predicted octanol–water partition coefficient (Wildman–Crippen LogP) is 2.61. The van der Waals surface area contributed by atoms with E-state index in [0.29, 0.717) is 35.2 Å². The summed E-state index contributed by atoms with van der Waals surface area (Å²) < 4.78 is 1.44. The van der Waals surface area contributed by atoms with Crippen LogP contribution < -0.4 is 10.9 Å². The third-order valence-electron chi connectivity index (χ3n) is 5.94. The molecule has 5 rings (SSSR count). The number of fused-ring (bicyclic) bond motifs is 4. The number of hydrogen-bond donors (Lipinski definition) is 2. The van der Waals surface area contributed by atoms with E-state index in [2.05, 4.69) is 10.2 Å². The topological polar surface area (TPSA) is 86.9 Å². The van der Waals surface area contributed by atoms with Crippen molar-refractivity contribution in [3.63, 3.8) is 0 Å². The van der Waals surface area contributed by atoms with Crippen LogP contribution in [0.25, 0.3) is 27.3 Å². The lowest BCUT2D eigenvalue weighted by Crippen LogP contribution is -2.41. The molecule has 0 radical (unpaired) electrons. The summed E-state index contributed by atoms with van der Waals surface area (Å²) in [7, 11) is 0. The molecule has 0 bridgehead atoms.